The first-order valence-electron chi connectivity index (χ1n) is 9.60. The Hall–Kier alpha value is -1.44. The summed E-state index contributed by atoms with van der Waals surface area (Å²) in [6, 6.07) is 1.76. The molecule has 1 aromatic carbocycles. The standard InChI is InChI=1S/C19H28N4O2S/c1-23-9-8-13(11-23)12-26(20,25)22-19(24)21-18-16-6-2-4-14(16)10-15-5-3-7-17(15)18/h10,13H,2-9,11-12H2,1H3,(H3,20,21,22,24,25)/t13?,26-/m0/s1. The van der Waals surface area contributed by atoms with Crippen LogP contribution in [0.2, 0.25) is 0 Å². The molecule has 7 heteroatoms. The van der Waals surface area contributed by atoms with Crippen molar-refractivity contribution in [2.45, 2.75) is 44.9 Å². The van der Waals surface area contributed by atoms with E-state index in [4.69, 9.17) is 5.14 Å². The molecule has 3 N–H and O–H groups in total. The number of fused-ring (bicyclic) bond motifs is 2. The van der Waals surface area contributed by atoms with Crippen LogP contribution in [-0.4, -0.2) is 41.0 Å². The first-order valence-corrected chi connectivity index (χ1v) is 11.3. The first kappa shape index (κ1) is 17.9. The predicted octanol–water partition coefficient (Wildman–Crippen LogP) is 2.49. The van der Waals surface area contributed by atoms with Gasteiger partial charge in [-0.15, -0.1) is 4.36 Å². The Bertz CT molecular complexity index is 825. The third-order valence-electron chi connectivity index (χ3n) is 5.91. The highest BCUT2D eigenvalue weighted by Gasteiger charge is 2.26. The number of aryl methyl sites for hydroxylation is 2. The molecule has 2 atom stereocenters. The van der Waals surface area contributed by atoms with E-state index in [1.54, 1.807) is 0 Å². The molecule has 0 spiro atoms. The SMILES string of the molecule is CN1CCC(C[S@@](N)(=O)=NC(=O)Nc2c3c(cc4c2CCC4)CCC3)C1. The van der Waals surface area contributed by atoms with Gasteiger partial charge in [-0.1, -0.05) is 6.07 Å². The van der Waals surface area contributed by atoms with Crippen molar-refractivity contribution >= 4 is 21.6 Å². The first-order chi connectivity index (χ1) is 12.4. The van der Waals surface area contributed by atoms with Crippen LogP contribution in [0.15, 0.2) is 10.4 Å². The van der Waals surface area contributed by atoms with Crippen LogP contribution in [0.4, 0.5) is 10.5 Å². The van der Waals surface area contributed by atoms with Crippen molar-refractivity contribution in [1.82, 2.24) is 4.90 Å². The van der Waals surface area contributed by atoms with Gasteiger partial charge in [-0.05, 0) is 86.7 Å². The molecule has 142 valence electrons. The summed E-state index contributed by atoms with van der Waals surface area (Å²) in [5.74, 6) is 0.537. The van der Waals surface area contributed by atoms with Gasteiger partial charge in [0.1, 0.15) is 9.92 Å². The molecule has 1 unspecified atom stereocenters. The number of likely N-dealkylation sites (tertiary alicyclic amines) is 1. The number of urea groups is 1. The van der Waals surface area contributed by atoms with E-state index in [9.17, 15) is 9.00 Å². The zero-order valence-electron chi connectivity index (χ0n) is 15.4. The fourth-order valence-electron chi connectivity index (χ4n) is 4.77. The van der Waals surface area contributed by atoms with Crippen molar-refractivity contribution in [3.05, 3.63) is 28.3 Å². The van der Waals surface area contributed by atoms with Crippen LogP contribution in [0.5, 0.6) is 0 Å². The van der Waals surface area contributed by atoms with Gasteiger partial charge in [-0.3, -0.25) is 0 Å². The maximum Gasteiger partial charge on any atom is 0.354 e. The highest BCUT2D eigenvalue weighted by Crippen LogP contribution is 2.38. The Morgan fingerprint density at radius 2 is 1.92 bits per heavy atom. The minimum Gasteiger partial charge on any atom is -0.306 e. The lowest BCUT2D eigenvalue weighted by Crippen LogP contribution is -2.27. The van der Waals surface area contributed by atoms with E-state index in [2.05, 4.69) is 20.6 Å². The highest BCUT2D eigenvalue weighted by molar-refractivity contribution is 7.91. The van der Waals surface area contributed by atoms with Crippen molar-refractivity contribution < 1.29 is 9.00 Å². The van der Waals surface area contributed by atoms with Gasteiger partial charge in [-0.2, -0.15) is 0 Å². The average Bonchev–Trinajstić information content (AvgIpc) is 3.26. The van der Waals surface area contributed by atoms with Crippen LogP contribution < -0.4 is 10.5 Å². The van der Waals surface area contributed by atoms with Crippen molar-refractivity contribution in [1.29, 1.82) is 0 Å². The van der Waals surface area contributed by atoms with Crippen molar-refractivity contribution in [3.8, 4) is 0 Å². The number of anilines is 1. The quantitative estimate of drug-likeness (QED) is 0.849. The summed E-state index contributed by atoms with van der Waals surface area (Å²) in [6.45, 7) is 1.85. The van der Waals surface area contributed by atoms with Crippen molar-refractivity contribution in [3.63, 3.8) is 0 Å². The number of hydrogen-bond donors (Lipinski definition) is 2. The van der Waals surface area contributed by atoms with E-state index in [0.29, 0.717) is 0 Å². The molecular formula is C19H28N4O2S. The molecule has 0 saturated carbocycles. The molecule has 0 bridgehead atoms. The summed E-state index contributed by atoms with van der Waals surface area (Å²) >= 11 is 0. The number of nitrogens with two attached hydrogens (primary N) is 1. The fourth-order valence-corrected chi connectivity index (χ4v) is 6.12. The minimum atomic E-state index is -3.00. The average molecular weight is 377 g/mol. The van der Waals surface area contributed by atoms with Crippen LogP contribution >= 0.6 is 0 Å². The Kier molecular flexibility index (Phi) is 4.79. The van der Waals surface area contributed by atoms with E-state index in [1.165, 1.54) is 22.3 Å². The lowest BCUT2D eigenvalue weighted by molar-refractivity contribution is 0.260. The smallest absolute Gasteiger partial charge is 0.306 e. The van der Waals surface area contributed by atoms with E-state index in [0.717, 1.165) is 63.7 Å². The molecule has 4 rings (SSSR count). The summed E-state index contributed by atoms with van der Waals surface area (Å²) in [6.07, 6.45) is 7.34. The van der Waals surface area contributed by atoms with Gasteiger partial charge in [0.15, 0.2) is 0 Å². The topological polar surface area (TPSA) is 87.8 Å². The van der Waals surface area contributed by atoms with Gasteiger partial charge < -0.3 is 10.2 Å². The summed E-state index contributed by atoms with van der Waals surface area (Å²) in [7, 11) is -0.959. The molecule has 1 saturated heterocycles. The number of nitrogens with one attached hydrogen (secondary N) is 1. The van der Waals surface area contributed by atoms with E-state index in [1.807, 2.05) is 7.05 Å². The maximum absolute atomic E-state index is 12.6. The third kappa shape index (κ3) is 3.66. The van der Waals surface area contributed by atoms with Gasteiger partial charge in [0.2, 0.25) is 0 Å². The summed E-state index contributed by atoms with van der Waals surface area (Å²) in [5.41, 5.74) is 6.12. The van der Waals surface area contributed by atoms with Gasteiger partial charge >= 0.3 is 6.03 Å². The van der Waals surface area contributed by atoms with Gasteiger partial charge in [-0.25, -0.2) is 14.1 Å². The Morgan fingerprint density at radius 3 is 2.50 bits per heavy atom. The van der Waals surface area contributed by atoms with Crippen LogP contribution in [-0.2, 0) is 35.6 Å². The number of rotatable bonds is 3. The number of benzene rings is 1. The second-order valence-corrected chi connectivity index (χ2v) is 9.92. The number of carbonyl (C=O) groups excluding carboxylic acids is 1. The fraction of sp³-hybridized carbons (Fsp3) is 0.632. The molecule has 1 fully saturated rings. The predicted molar refractivity (Wildman–Crippen MR) is 105 cm³/mol. The second kappa shape index (κ2) is 6.94. The van der Waals surface area contributed by atoms with E-state index in [-0.39, 0.29) is 11.7 Å². The van der Waals surface area contributed by atoms with E-state index < -0.39 is 15.9 Å². The molecule has 6 nitrogen and oxygen atoms in total. The Morgan fingerprint density at radius 1 is 1.27 bits per heavy atom. The molecule has 0 radical (unpaired) electrons. The van der Waals surface area contributed by atoms with Gasteiger partial charge in [0, 0.05) is 18.0 Å². The molecule has 26 heavy (non-hydrogen) atoms. The minimum absolute atomic E-state index is 0.249. The molecular weight excluding hydrogens is 348 g/mol. The molecule has 2 aliphatic carbocycles. The van der Waals surface area contributed by atoms with Gasteiger partial charge in [0.25, 0.3) is 0 Å². The Balaban J connectivity index is 1.54. The second-order valence-electron chi connectivity index (χ2n) is 8.03. The number of amides is 2. The van der Waals surface area contributed by atoms with Crippen LogP contribution in [0.25, 0.3) is 0 Å². The van der Waals surface area contributed by atoms with E-state index >= 15 is 0 Å². The van der Waals surface area contributed by atoms with Gasteiger partial charge in [0.05, 0.1) is 0 Å². The maximum atomic E-state index is 12.6. The molecule has 0 aromatic heterocycles. The molecule has 1 heterocycles. The van der Waals surface area contributed by atoms with Crippen LogP contribution in [0.3, 0.4) is 0 Å². The zero-order chi connectivity index (χ0) is 18.3. The summed E-state index contributed by atoms with van der Waals surface area (Å²) < 4.78 is 16.5. The zero-order valence-corrected chi connectivity index (χ0v) is 16.2. The number of hydrogen-bond acceptors (Lipinski definition) is 3. The largest absolute Gasteiger partial charge is 0.354 e. The van der Waals surface area contributed by atoms with Crippen molar-refractivity contribution in [2.75, 3.05) is 31.2 Å². The monoisotopic (exact) mass is 376 g/mol. The number of nitrogens with zero attached hydrogens (tertiary/aromatic N) is 2. The van der Waals surface area contributed by atoms with Crippen molar-refractivity contribution in [2.24, 2.45) is 15.4 Å². The number of carbonyl (C=O) groups is 1. The van der Waals surface area contributed by atoms with Crippen LogP contribution in [0.1, 0.15) is 41.5 Å². The third-order valence-corrected chi connectivity index (χ3v) is 7.33. The summed E-state index contributed by atoms with van der Waals surface area (Å²) in [4.78, 5) is 14.7. The molecule has 2 amide bonds. The summed E-state index contributed by atoms with van der Waals surface area (Å²) in [5, 5.41) is 8.86. The molecule has 1 aliphatic heterocycles. The van der Waals surface area contributed by atoms with Crippen LogP contribution in [0, 0.1) is 5.92 Å². The lowest BCUT2D eigenvalue weighted by atomic mass is 9.99. The normalized spacial score (nSPS) is 24.2. The highest BCUT2D eigenvalue weighted by atomic mass is 32.2. The molecule has 1 aromatic rings. The molecule has 3 aliphatic rings. The Labute approximate surface area is 155 Å². The lowest BCUT2D eigenvalue weighted by Gasteiger charge is -2.15.